The van der Waals surface area contributed by atoms with Crippen LogP contribution in [-0.2, 0) is 17.9 Å². The molecule has 0 spiro atoms. The van der Waals surface area contributed by atoms with E-state index >= 15 is 0 Å². The normalized spacial score (nSPS) is 16.8. The van der Waals surface area contributed by atoms with E-state index in [9.17, 15) is 13.6 Å². The zero-order valence-corrected chi connectivity index (χ0v) is 13.9. The number of alkyl halides is 2. The van der Waals surface area contributed by atoms with E-state index in [2.05, 4.69) is 14.9 Å². The number of methoxy groups -OCH3 is 1. The summed E-state index contributed by atoms with van der Waals surface area (Å²) in [6, 6.07) is 5.92. The molecular formula is C16H18F2N4O3. The van der Waals surface area contributed by atoms with Crippen LogP contribution in [0.15, 0.2) is 24.3 Å². The van der Waals surface area contributed by atoms with Crippen LogP contribution >= 0.6 is 0 Å². The van der Waals surface area contributed by atoms with E-state index in [4.69, 9.17) is 4.74 Å². The molecule has 0 unspecified atom stereocenters. The molecule has 3 rings (SSSR count). The van der Waals surface area contributed by atoms with Gasteiger partial charge in [-0.2, -0.15) is 8.78 Å². The number of ether oxygens (including phenoxy) is 2. The molecule has 1 aromatic carbocycles. The van der Waals surface area contributed by atoms with Crippen molar-refractivity contribution in [2.24, 2.45) is 0 Å². The molecule has 2 heterocycles. The number of hydrogen-bond donors (Lipinski definition) is 0. The molecule has 25 heavy (non-hydrogen) atoms. The van der Waals surface area contributed by atoms with Gasteiger partial charge in [0.2, 0.25) is 0 Å². The number of halogens is 2. The van der Waals surface area contributed by atoms with E-state index in [0.717, 1.165) is 0 Å². The summed E-state index contributed by atoms with van der Waals surface area (Å²) in [6.45, 7) is -0.0792. The van der Waals surface area contributed by atoms with E-state index in [1.54, 1.807) is 24.1 Å². The lowest BCUT2D eigenvalue weighted by atomic mass is 10.1. The van der Waals surface area contributed by atoms with Gasteiger partial charge in [-0.25, -0.2) is 0 Å². The average Bonchev–Trinajstić information content (AvgIpc) is 2.98. The molecule has 0 N–H and O–H groups in total. The summed E-state index contributed by atoms with van der Waals surface area (Å²) >= 11 is 0. The number of hydrogen-bond acceptors (Lipinski definition) is 5. The first-order chi connectivity index (χ1) is 12.0. The van der Waals surface area contributed by atoms with Crippen LogP contribution in [0, 0.1) is 0 Å². The highest BCUT2D eigenvalue weighted by Crippen LogP contribution is 2.27. The van der Waals surface area contributed by atoms with Gasteiger partial charge in [-0.05, 0) is 19.1 Å². The Morgan fingerprint density at radius 3 is 2.84 bits per heavy atom. The second kappa shape index (κ2) is 7.14. The van der Waals surface area contributed by atoms with Gasteiger partial charge in [0.05, 0.1) is 18.2 Å². The van der Waals surface area contributed by atoms with Crippen molar-refractivity contribution >= 4 is 5.91 Å². The molecule has 1 aliphatic rings. The Kier molecular flexibility index (Phi) is 4.93. The predicted molar refractivity (Wildman–Crippen MR) is 83.3 cm³/mol. The summed E-state index contributed by atoms with van der Waals surface area (Å²) < 4.78 is 36.6. The standard InChI is InChI=1S/C16H18F2N4O3/c1-10-7-21(8-13-19-20-14(9-24-2)22(10)13)15(23)11-5-3-4-6-12(11)25-16(17)18/h3-6,10,16H,7-9H2,1-2H3/t10-/m0/s1. The molecule has 1 atom stereocenters. The molecule has 0 saturated heterocycles. The van der Waals surface area contributed by atoms with Crippen molar-refractivity contribution < 1.29 is 23.0 Å². The van der Waals surface area contributed by atoms with Gasteiger partial charge in [0.15, 0.2) is 11.6 Å². The molecule has 0 aliphatic carbocycles. The monoisotopic (exact) mass is 352 g/mol. The SMILES string of the molecule is COCc1nnc2n1[C@@H](C)CN(C(=O)c1ccccc1OC(F)F)C2. The summed E-state index contributed by atoms with van der Waals surface area (Å²) in [5, 5.41) is 8.20. The Morgan fingerprint density at radius 2 is 2.12 bits per heavy atom. The molecule has 1 aliphatic heterocycles. The molecule has 0 saturated carbocycles. The fraction of sp³-hybridized carbons (Fsp3) is 0.438. The Bertz CT molecular complexity index is 766. The van der Waals surface area contributed by atoms with Crippen LogP contribution in [0.25, 0.3) is 0 Å². The highest BCUT2D eigenvalue weighted by Gasteiger charge is 2.30. The number of carbonyl (C=O) groups excluding carboxylic acids is 1. The van der Waals surface area contributed by atoms with Gasteiger partial charge >= 0.3 is 6.61 Å². The Labute approximate surface area is 143 Å². The summed E-state index contributed by atoms with van der Waals surface area (Å²) in [4.78, 5) is 14.4. The quantitative estimate of drug-likeness (QED) is 0.825. The molecule has 0 fully saturated rings. The van der Waals surface area contributed by atoms with E-state index < -0.39 is 6.61 Å². The summed E-state index contributed by atoms with van der Waals surface area (Å²) in [5.41, 5.74) is 0.0973. The van der Waals surface area contributed by atoms with Crippen LogP contribution in [0.3, 0.4) is 0 Å². The average molecular weight is 352 g/mol. The fourth-order valence-electron chi connectivity index (χ4n) is 3.01. The van der Waals surface area contributed by atoms with E-state index in [0.29, 0.717) is 24.8 Å². The van der Waals surface area contributed by atoms with E-state index in [-0.39, 0.29) is 29.8 Å². The molecule has 1 amide bonds. The first kappa shape index (κ1) is 17.3. The Balaban J connectivity index is 1.85. The smallest absolute Gasteiger partial charge is 0.387 e. The van der Waals surface area contributed by atoms with Gasteiger partial charge in [0, 0.05) is 13.7 Å². The second-order valence-electron chi connectivity index (χ2n) is 5.74. The van der Waals surface area contributed by atoms with Crippen LogP contribution in [0.4, 0.5) is 8.78 Å². The van der Waals surface area contributed by atoms with Crippen LogP contribution in [0.5, 0.6) is 5.75 Å². The molecule has 1 aromatic heterocycles. The van der Waals surface area contributed by atoms with E-state index in [1.807, 2.05) is 11.5 Å². The van der Waals surface area contributed by atoms with Crippen molar-refractivity contribution in [3.05, 3.63) is 41.5 Å². The number of amides is 1. The number of rotatable bonds is 5. The highest BCUT2D eigenvalue weighted by molar-refractivity contribution is 5.97. The number of fused-ring (bicyclic) bond motifs is 1. The number of carbonyl (C=O) groups is 1. The molecular weight excluding hydrogens is 334 g/mol. The van der Waals surface area contributed by atoms with Crippen LogP contribution in [0.1, 0.15) is 35.0 Å². The first-order valence-electron chi connectivity index (χ1n) is 7.76. The maximum Gasteiger partial charge on any atom is 0.387 e. The van der Waals surface area contributed by atoms with Gasteiger partial charge in [-0.3, -0.25) is 4.79 Å². The number of para-hydroxylation sites is 1. The van der Waals surface area contributed by atoms with Crippen molar-refractivity contribution in [1.29, 1.82) is 0 Å². The summed E-state index contributed by atoms with van der Waals surface area (Å²) in [5.74, 6) is 0.804. The van der Waals surface area contributed by atoms with Crippen molar-refractivity contribution in [3.8, 4) is 5.75 Å². The van der Waals surface area contributed by atoms with Gasteiger partial charge in [-0.15, -0.1) is 10.2 Å². The maximum absolute atomic E-state index is 12.8. The van der Waals surface area contributed by atoms with Gasteiger partial charge in [0.25, 0.3) is 5.91 Å². The van der Waals surface area contributed by atoms with Crippen molar-refractivity contribution in [3.63, 3.8) is 0 Å². The zero-order valence-electron chi connectivity index (χ0n) is 13.9. The third-order valence-corrected chi connectivity index (χ3v) is 3.99. The minimum absolute atomic E-state index is 0.0592. The fourth-order valence-corrected chi connectivity index (χ4v) is 3.01. The highest BCUT2D eigenvalue weighted by atomic mass is 19.3. The maximum atomic E-state index is 12.8. The van der Waals surface area contributed by atoms with Crippen molar-refractivity contribution in [1.82, 2.24) is 19.7 Å². The van der Waals surface area contributed by atoms with Gasteiger partial charge in [-0.1, -0.05) is 12.1 Å². The molecule has 2 aromatic rings. The molecule has 134 valence electrons. The molecule has 0 bridgehead atoms. The van der Waals surface area contributed by atoms with Crippen LogP contribution in [-0.4, -0.2) is 45.8 Å². The first-order valence-corrected chi connectivity index (χ1v) is 7.76. The largest absolute Gasteiger partial charge is 0.434 e. The molecule has 9 heteroatoms. The molecule has 7 nitrogen and oxygen atoms in total. The third-order valence-electron chi connectivity index (χ3n) is 3.99. The van der Waals surface area contributed by atoms with Crippen LogP contribution < -0.4 is 4.74 Å². The predicted octanol–water partition coefficient (Wildman–Crippen LogP) is 2.24. The minimum atomic E-state index is -2.99. The number of benzene rings is 1. The summed E-state index contributed by atoms with van der Waals surface area (Å²) in [6.07, 6.45) is 0. The lowest BCUT2D eigenvalue weighted by molar-refractivity contribution is -0.0503. The van der Waals surface area contributed by atoms with Gasteiger partial charge < -0.3 is 18.9 Å². The van der Waals surface area contributed by atoms with Crippen molar-refractivity contribution in [2.45, 2.75) is 32.7 Å². The Morgan fingerprint density at radius 1 is 1.36 bits per heavy atom. The summed E-state index contributed by atoms with van der Waals surface area (Å²) in [7, 11) is 1.57. The van der Waals surface area contributed by atoms with Crippen LogP contribution in [0.2, 0.25) is 0 Å². The minimum Gasteiger partial charge on any atom is -0.434 e. The number of nitrogens with zero attached hydrogens (tertiary/aromatic N) is 4. The lowest BCUT2D eigenvalue weighted by Crippen LogP contribution is -2.41. The van der Waals surface area contributed by atoms with E-state index in [1.165, 1.54) is 12.1 Å². The third kappa shape index (κ3) is 3.46. The lowest BCUT2D eigenvalue weighted by Gasteiger charge is -2.32. The van der Waals surface area contributed by atoms with Crippen molar-refractivity contribution in [2.75, 3.05) is 13.7 Å². The Hall–Kier alpha value is -2.55. The topological polar surface area (TPSA) is 69.5 Å². The second-order valence-corrected chi connectivity index (χ2v) is 5.74. The van der Waals surface area contributed by atoms with Gasteiger partial charge in [0.1, 0.15) is 12.4 Å². The zero-order chi connectivity index (χ0) is 18.0. The number of aromatic nitrogens is 3. The molecule has 0 radical (unpaired) electrons.